The van der Waals surface area contributed by atoms with E-state index in [4.69, 9.17) is 18.9 Å². The first-order valence-electron chi connectivity index (χ1n) is 11.7. The molecule has 188 valence electrons. The van der Waals surface area contributed by atoms with Gasteiger partial charge in [-0.3, -0.25) is 4.68 Å². The summed E-state index contributed by atoms with van der Waals surface area (Å²) in [6.45, 7) is 6.57. The molecule has 2 aliphatic heterocycles. The van der Waals surface area contributed by atoms with Crippen LogP contribution in [0.1, 0.15) is 43.1 Å². The Kier molecular flexibility index (Phi) is 7.76. The van der Waals surface area contributed by atoms with Gasteiger partial charge in [-0.15, -0.1) is 5.10 Å². The van der Waals surface area contributed by atoms with Gasteiger partial charge in [0.15, 0.2) is 0 Å². The van der Waals surface area contributed by atoms with Crippen LogP contribution in [0.5, 0.6) is 11.6 Å². The van der Waals surface area contributed by atoms with Gasteiger partial charge in [0.05, 0.1) is 25.4 Å². The maximum Gasteiger partial charge on any atom is 0.239 e. The first kappa shape index (κ1) is 24.9. The van der Waals surface area contributed by atoms with Crippen molar-refractivity contribution in [1.82, 2.24) is 9.78 Å². The molecular formula is C24H34N2O8. The van der Waals surface area contributed by atoms with Gasteiger partial charge in [-0.05, 0) is 44.9 Å². The van der Waals surface area contributed by atoms with Crippen LogP contribution in [0.15, 0.2) is 24.3 Å². The molecule has 2 aliphatic rings. The van der Waals surface area contributed by atoms with Crippen molar-refractivity contribution in [2.75, 3.05) is 19.8 Å². The van der Waals surface area contributed by atoms with Gasteiger partial charge >= 0.3 is 0 Å². The molecule has 2 unspecified atom stereocenters. The molecule has 4 rings (SSSR count). The van der Waals surface area contributed by atoms with E-state index in [1.54, 1.807) is 0 Å². The minimum absolute atomic E-state index is 0.0627. The number of nitrogens with zero attached hydrogens (tertiary/aromatic N) is 2. The highest BCUT2D eigenvalue weighted by molar-refractivity contribution is 5.38. The summed E-state index contributed by atoms with van der Waals surface area (Å²) in [5, 5.41) is 44.8. The maximum absolute atomic E-state index is 10.4. The lowest BCUT2D eigenvalue weighted by atomic mass is 9.99. The Morgan fingerprint density at radius 1 is 1.12 bits per heavy atom. The minimum atomic E-state index is -1.53. The fraction of sp³-hybridized carbons (Fsp3) is 0.625. The Hall–Kier alpha value is -2.21. The predicted molar refractivity (Wildman–Crippen MR) is 121 cm³/mol. The number of aliphatic hydroxyl groups excluding tert-OH is 4. The summed E-state index contributed by atoms with van der Waals surface area (Å²) in [5.74, 6) is 1.04. The van der Waals surface area contributed by atoms with Crippen LogP contribution in [0.3, 0.4) is 0 Å². The Balaban J connectivity index is 1.61. The zero-order valence-electron chi connectivity index (χ0n) is 19.7. The van der Waals surface area contributed by atoms with E-state index >= 15 is 0 Å². The Labute approximate surface area is 198 Å². The summed E-state index contributed by atoms with van der Waals surface area (Å²) in [5.41, 5.74) is 2.72. The minimum Gasteiger partial charge on any atom is -0.491 e. The fourth-order valence-electron chi connectivity index (χ4n) is 4.33. The number of rotatable bonds is 8. The van der Waals surface area contributed by atoms with Gasteiger partial charge in [-0.1, -0.05) is 12.1 Å². The second-order valence-electron chi connectivity index (χ2n) is 9.13. The van der Waals surface area contributed by atoms with E-state index in [9.17, 15) is 20.4 Å². The SMILES string of the molecule is Cc1c(Cc2ccc(OC(C)C)cc2)c(O[C@@H]2OC(CO)[C@@H](O)[C@H](O)[C@H]2O)nn1C1CCOC1. The van der Waals surface area contributed by atoms with Gasteiger partial charge in [0, 0.05) is 24.3 Å². The van der Waals surface area contributed by atoms with Crippen LogP contribution >= 0.6 is 0 Å². The van der Waals surface area contributed by atoms with Gasteiger partial charge in [-0.2, -0.15) is 0 Å². The zero-order valence-corrected chi connectivity index (χ0v) is 19.7. The molecule has 0 radical (unpaired) electrons. The molecule has 2 saturated heterocycles. The second-order valence-corrected chi connectivity index (χ2v) is 9.13. The van der Waals surface area contributed by atoms with E-state index in [0.29, 0.717) is 19.6 Å². The summed E-state index contributed by atoms with van der Waals surface area (Å²) < 4.78 is 24.6. The third kappa shape index (κ3) is 5.22. The highest BCUT2D eigenvalue weighted by atomic mass is 16.7. The second kappa shape index (κ2) is 10.6. The number of hydrogen-bond acceptors (Lipinski definition) is 9. The summed E-state index contributed by atoms with van der Waals surface area (Å²) in [7, 11) is 0. The normalized spacial score (nSPS) is 29.5. The van der Waals surface area contributed by atoms with E-state index < -0.39 is 37.3 Å². The average Bonchev–Trinajstić information content (AvgIpc) is 3.44. The van der Waals surface area contributed by atoms with Crippen molar-refractivity contribution in [2.45, 2.75) is 76.5 Å². The molecule has 0 spiro atoms. The van der Waals surface area contributed by atoms with E-state index in [-0.39, 0.29) is 18.0 Å². The van der Waals surface area contributed by atoms with Crippen molar-refractivity contribution in [2.24, 2.45) is 0 Å². The van der Waals surface area contributed by atoms with Crippen molar-refractivity contribution in [3.63, 3.8) is 0 Å². The lowest BCUT2D eigenvalue weighted by molar-refractivity contribution is -0.278. The number of hydrogen-bond donors (Lipinski definition) is 4. The van der Waals surface area contributed by atoms with Gasteiger partial charge in [-0.25, -0.2) is 0 Å². The highest BCUT2D eigenvalue weighted by Gasteiger charge is 2.45. The lowest BCUT2D eigenvalue weighted by Crippen LogP contribution is -2.60. The summed E-state index contributed by atoms with van der Waals surface area (Å²) in [4.78, 5) is 0. The van der Waals surface area contributed by atoms with Crippen LogP contribution < -0.4 is 9.47 Å². The van der Waals surface area contributed by atoms with Crippen LogP contribution in [-0.4, -0.2) is 86.8 Å². The molecule has 0 saturated carbocycles. The summed E-state index contributed by atoms with van der Waals surface area (Å²) in [6, 6.07) is 7.85. The smallest absolute Gasteiger partial charge is 0.239 e. The maximum atomic E-state index is 10.4. The predicted octanol–water partition coefficient (Wildman–Crippen LogP) is 0.710. The third-order valence-electron chi connectivity index (χ3n) is 6.24. The molecular weight excluding hydrogens is 444 g/mol. The number of benzene rings is 1. The number of aromatic nitrogens is 2. The van der Waals surface area contributed by atoms with E-state index in [0.717, 1.165) is 29.0 Å². The van der Waals surface area contributed by atoms with E-state index in [2.05, 4.69) is 5.10 Å². The molecule has 3 heterocycles. The van der Waals surface area contributed by atoms with Gasteiger partial charge < -0.3 is 39.4 Å². The van der Waals surface area contributed by atoms with Crippen LogP contribution in [0.25, 0.3) is 0 Å². The van der Waals surface area contributed by atoms with E-state index in [1.807, 2.05) is 49.7 Å². The molecule has 0 bridgehead atoms. The van der Waals surface area contributed by atoms with Crippen molar-refractivity contribution in [3.8, 4) is 11.6 Å². The Bertz CT molecular complexity index is 939. The van der Waals surface area contributed by atoms with Gasteiger partial charge in [0.1, 0.15) is 30.2 Å². The van der Waals surface area contributed by atoms with Gasteiger partial charge in [0.25, 0.3) is 0 Å². The molecule has 1 aromatic heterocycles. The summed E-state index contributed by atoms with van der Waals surface area (Å²) in [6.07, 6.45) is -5.46. The lowest BCUT2D eigenvalue weighted by Gasteiger charge is -2.39. The molecule has 6 atom stereocenters. The molecule has 1 aromatic carbocycles. The monoisotopic (exact) mass is 478 g/mol. The Morgan fingerprint density at radius 3 is 2.47 bits per heavy atom. The van der Waals surface area contributed by atoms with Crippen LogP contribution in [0.2, 0.25) is 0 Å². The Morgan fingerprint density at radius 2 is 1.85 bits per heavy atom. The van der Waals surface area contributed by atoms with Crippen molar-refractivity contribution in [1.29, 1.82) is 0 Å². The number of aliphatic hydroxyl groups is 4. The fourth-order valence-corrected chi connectivity index (χ4v) is 4.33. The van der Waals surface area contributed by atoms with Crippen molar-refractivity contribution < 1.29 is 39.4 Å². The molecule has 0 aliphatic carbocycles. The number of ether oxygens (including phenoxy) is 4. The molecule has 10 nitrogen and oxygen atoms in total. The highest BCUT2D eigenvalue weighted by Crippen LogP contribution is 2.32. The molecule has 10 heteroatoms. The quantitative estimate of drug-likeness (QED) is 0.432. The third-order valence-corrected chi connectivity index (χ3v) is 6.24. The summed E-state index contributed by atoms with van der Waals surface area (Å²) >= 11 is 0. The molecule has 0 amide bonds. The van der Waals surface area contributed by atoms with Crippen LogP contribution in [-0.2, 0) is 15.9 Å². The standard InChI is InChI=1S/C24H34N2O8/c1-13(2)32-17-6-4-15(5-7-17)10-18-14(3)26(16-8-9-31-12-16)25-23(18)34-24-22(30)21(29)20(28)19(11-27)33-24/h4-7,13,16,19-22,24,27-30H,8-12H2,1-3H3/t16?,19?,20-,21+,22-,24+/m1/s1. The average molecular weight is 479 g/mol. The van der Waals surface area contributed by atoms with Gasteiger partial charge in [0.2, 0.25) is 12.2 Å². The van der Waals surface area contributed by atoms with Crippen LogP contribution in [0.4, 0.5) is 0 Å². The molecule has 2 fully saturated rings. The first-order valence-corrected chi connectivity index (χ1v) is 11.7. The van der Waals surface area contributed by atoms with Crippen molar-refractivity contribution in [3.05, 3.63) is 41.1 Å². The van der Waals surface area contributed by atoms with Crippen LogP contribution in [0, 0.1) is 6.92 Å². The molecule has 2 aromatic rings. The van der Waals surface area contributed by atoms with Crippen molar-refractivity contribution >= 4 is 0 Å². The zero-order chi connectivity index (χ0) is 24.4. The van der Waals surface area contributed by atoms with E-state index in [1.165, 1.54) is 0 Å². The molecule has 34 heavy (non-hydrogen) atoms. The largest absolute Gasteiger partial charge is 0.491 e. The topological polar surface area (TPSA) is 136 Å². The molecule has 4 N–H and O–H groups in total. The first-order chi connectivity index (χ1) is 16.3.